The highest BCUT2D eigenvalue weighted by Gasteiger charge is 2.36. The van der Waals surface area contributed by atoms with Crippen molar-refractivity contribution in [2.45, 2.75) is 32.6 Å². The summed E-state index contributed by atoms with van der Waals surface area (Å²) in [6.45, 7) is 1.92. The minimum atomic E-state index is -1.14. The van der Waals surface area contributed by atoms with Crippen LogP contribution in [0, 0.1) is 5.41 Å². The van der Waals surface area contributed by atoms with Crippen LogP contribution in [0.4, 0.5) is 5.69 Å². The van der Waals surface area contributed by atoms with E-state index in [2.05, 4.69) is 10.3 Å². The van der Waals surface area contributed by atoms with E-state index in [1.807, 2.05) is 6.92 Å². The van der Waals surface area contributed by atoms with E-state index in [9.17, 15) is 9.59 Å². The van der Waals surface area contributed by atoms with Gasteiger partial charge in [0, 0.05) is 11.6 Å². The number of carbonyl (C=O) groups excluding carboxylic acids is 1. The van der Waals surface area contributed by atoms with E-state index in [1.165, 1.54) is 6.20 Å². The van der Waals surface area contributed by atoms with E-state index >= 15 is 0 Å². The first-order valence-corrected chi connectivity index (χ1v) is 6.03. The number of anilines is 1. The molecule has 1 aliphatic rings. The predicted molar refractivity (Wildman–Crippen MR) is 66.4 cm³/mol. The molecule has 96 valence electrons. The smallest absolute Gasteiger partial charge is 0.356 e. The van der Waals surface area contributed by atoms with Crippen molar-refractivity contribution in [3.05, 3.63) is 24.0 Å². The molecule has 1 aliphatic carbocycles. The van der Waals surface area contributed by atoms with Crippen molar-refractivity contribution in [2.75, 3.05) is 5.32 Å². The first kappa shape index (κ1) is 12.5. The Morgan fingerprint density at radius 1 is 1.39 bits per heavy atom. The minimum Gasteiger partial charge on any atom is -0.476 e. The van der Waals surface area contributed by atoms with Gasteiger partial charge in [0.2, 0.25) is 5.91 Å². The van der Waals surface area contributed by atoms with Gasteiger partial charge in [-0.25, -0.2) is 9.78 Å². The van der Waals surface area contributed by atoms with Crippen LogP contribution in [0.15, 0.2) is 18.3 Å². The summed E-state index contributed by atoms with van der Waals surface area (Å²) in [6, 6.07) is 3.17. The number of amides is 1. The molecular weight excluding hydrogens is 232 g/mol. The van der Waals surface area contributed by atoms with Crippen LogP contribution in [0.1, 0.15) is 43.1 Å². The van der Waals surface area contributed by atoms with Gasteiger partial charge in [-0.1, -0.05) is 19.8 Å². The molecule has 0 saturated heterocycles. The Bertz CT molecular complexity index is 479. The van der Waals surface area contributed by atoms with Gasteiger partial charge in [0.25, 0.3) is 0 Å². The molecule has 1 fully saturated rings. The number of nitrogens with one attached hydrogen (secondary N) is 1. The number of carboxylic acids is 1. The van der Waals surface area contributed by atoms with E-state index in [1.54, 1.807) is 12.1 Å². The number of aromatic nitrogens is 1. The number of hydrogen-bond acceptors (Lipinski definition) is 3. The lowest BCUT2D eigenvalue weighted by atomic mass is 9.88. The summed E-state index contributed by atoms with van der Waals surface area (Å²) in [5.74, 6) is -1.25. The molecular formula is C13H16N2O3. The Balaban J connectivity index is 2.19. The lowest BCUT2D eigenvalue weighted by Crippen LogP contribution is -2.31. The zero-order chi connectivity index (χ0) is 13.2. The van der Waals surface area contributed by atoms with Gasteiger partial charge in [-0.15, -0.1) is 0 Å². The highest BCUT2D eigenvalue weighted by Crippen LogP contribution is 2.38. The maximum atomic E-state index is 12.2. The average Bonchev–Trinajstić information content (AvgIpc) is 2.78. The van der Waals surface area contributed by atoms with Crippen molar-refractivity contribution in [3.8, 4) is 0 Å². The van der Waals surface area contributed by atoms with Crippen LogP contribution in [0.25, 0.3) is 0 Å². The summed E-state index contributed by atoms with van der Waals surface area (Å²) in [7, 11) is 0. The second kappa shape index (κ2) is 4.76. The van der Waals surface area contributed by atoms with Crippen LogP contribution in [-0.2, 0) is 4.79 Å². The number of carboxylic acid groups (broad SMARTS) is 1. The number of rotatable bonds is 3. The fraction of sp³-hybridized carbons (Fsp3) is 0.462. The number of carbonyl (C=O) groups is 2. The number of hydrogen-bond donors (Lipinski definition) is 2. The van der Waals surface area contributed by atoms with E-state index in [-0.39, 0.29) is 22.7 Å². The van der Waals surface area contributed by atoms with E-state index in [4.69, 9.17) is 5.11 Å². The van der Waals surface area contributed by atoms with Gasteiger partial charge in [0.05, 0.1) is 5.69 Å². The zero-order valence-electron chi connectivity index (χ0n) is 10.3. The van der Waals surface area contributed by atoms with Crippen molar-refractivity contribution in [2.24, 2.45) is 5.41 Å². The molecule has 0 radical (unpaired) electrons. The Morgan fingerprint density at radius 3 is 2.67 bits per heavy atom. The number of aromatic carboxylic acids is 1. The van der Waals surface area contributed by atoms with E-state index in [0.29, 0.717) is 0 Å². The molecule has 18 heavy (non-hydrogen) atoms. The molecule has 0 spiro atoms. The monoisotopic (exact) mass is 248 g/mol. The largest absolute Gasteiger partial charge is 0.476 e. The first-order chi connectivity index (χ1) is 8.53. The summed E-state index contributed by atoms with van der Waals surface area (Å²) < 4.78 is 0. The highest BCUT2D eigenvalue weighted by molar-refractivity contribution is 6.01. The molecule has 2 N–H and O–H groups in total. The third-order valence-electron chi connectivity index (χ3n) is 3.51. The highest BCUT2D eigenvalue weighted by atomic mass is 16.4. The third kappa shape index (κ3) is 2.34. The molecule has 2 rings (SSSR count). The summed E-state index contributed by atoms with van der Waals surface area (Å²) in [4.78, 5) is 26.9. The predicted octanol–water partition coefficient (Wildman–Crippen LogP) is 2.30. The zero-order valence-corrected chi connectivity index (χ0v) is 10.3. The number of nitrogens with zero attached hydrogens (tertiary/aromatic N) is 1. The van der Waals surface area contributed by atoms with Crippen molar-refractivity contribution in [3.63, 3.8) is 0 Å². The van der Waals surface area contributed by atoms with Crippen LogP contribution >= 0.6 is 0 Å². The van der Waals surface area contributed by atoms with E-state index in [0.717, 1.165) is 25.7 Å². The van der Waals surface area contributed by atoms with Gasteiger partial charge in [-0.2, -0.15) is 0 Å². The molecule has 1 saturated carbocycles. The molecule has 5 nitrogen and oxygen atoms in total. The molecule has 0 unspecified atom stereocenters. The Morgan fingerprint density at radius 2 is 2.06 bits per heavy atom. The van der Waals surface area contributed by atoms with Crippen LogP contribution in [-0.4, -0.2) is 22.0 Å². The molecule has 5 heteroatoms. The van der Waals surface area contributed by atoms with Gasteiger partial charge in [-0.3, -0.25) is 4.79 Å². The second-order valence-corrected chi connectivity index (χ2v) is 4.93. The lowest BCUT2D eigenvalue weighted by molar-refractivity contribution is -0.124. The molecule has 0 aromatic carbocycles. The number of pyridine rings is 1. The SMILES string of the molecule is CC1(C(=O)Nc2cccnc2C(=O)O)CCCC1. The maximum Gasteiger partial charge on any atom is 0.356 e. The molecule has 0 bridgehead atoms. The minimum absolute atomic E-state index is 0.115. The second-order valence-electron chi connectivity index (χ2n) is 4.93. The summed E-state index contributed by atoms with van der Waals surface area (Å²) in [5.41, 5.74) is -0.235. The molecule has 1 aromatic heterocycles. The molecule has 1 aromatic rings. The fourth-order valence-corrected chi connectivity index (χ4v) is 2.33. The lowest BCUT2D eigenvalue weighted by Gasteiger charge is -2.22. The normalized spacial score (nSPS) is 17.4. The summed E-state index contributed by atoms with van der Waals surface area (Å²) in [6.07, 6.45) is 5.19. The third-order valence-corrected chi connectivity index (χ3v) is 3.51. The Hall–Kier alpha value is -1.91. The van der Waals surface area contributed by atoms with Gasteiger partial charge < -0.3 is 10.4 Å². The summed E-state index contributed by atoms with van der Waals surface area (Å²) >= 11 is 0. The van der Waals surface area contributed by atoms with Gasteiger partial charge in [-0.05, 0) is 25.0 Å². The molecule has 1 amide bonds. The maximum absolute atomic E-state index is 12.2. The van der Waals surface area contributed by atoms with Gasteiger partial charge >= 0.3 is 5.97 Å². The van der Waals surface area contributed by atoms with E-state index < -0.39 is 5.97 Å². The average molecular weight is 248 g/mol. The van der Waals surface area contributed by atoms with Crippen LogP contribution < -0.4 is 5.32 Å². The van der Waals surface area contributed by atoms with Gasteiger partial charge in [0.15, 0.2) is 5.69 Å². The molecule has 1 heterocycles. The van der Waals surface area contributed by atoms with Crippen molar-refractivity contribution in [1.29, 1.82) is 0 Å². The van der Waals surface area contributed by atoms with Crippen LogP contribution in [0.3, 0.4) is 0 Å². The van der Waals surface area contributed by atoms with Crippen molar-refractivity contribution < 1.29 is 14.7 Å². The van der Waals surface area contributed by atoms with Crippen molar-refractivity contribution in [1.82, 2.24) is 4.98 Å². The molecule has 0 aliphatic heterocycles. The van der Waals surface area contributed by atoms with Crippen LogP contribution in [0.5, 0.6) is 0 Å². The Kier molecular flexibility index (Phi) is 3.32. The van der Waals surface area contributed by atoms with Gasteiger partial charge in [0.1, 0.15) is 0 Å². The topological polar surface area (TPSA) is 79.3 Å². The first-order valence-electron chi connectivity index (χ1n) is 6.03. The quantitative estimate of drug-likeness (QED) is 0.860. The Labute approximate surface area is 105 Å². The standard InChI is InChI=1S/C13H16N2O3/c1-13(6-2-3-7-13)12(18)15-9-5-4-8-14-10(9)11(16)17/h4-5,8H,2-3,6-7H2,1H3,(H,15,18)(H,16,17). The summed E-state index contributed by atoms with van der Waals surface area (Å²) in [5, 5.41) is 11.7. The fourth-order valence-electron chi connectivity index (χ4n) is 2.33. The van der Waals surface area contributed by atoms with Crippen LogP contribution in [0.2, 0.25) is 0 Å². The molecule has 0 atom stereocenters. The van der Waals surface area contributed by atoms with Crippen molar-refractivity contribution >= 4 is 17.6 Å².